The largest absolute Gasteiger partial charge is 0.495 e. The number of benzene rings is 2. The van der Waals surface area contributed by atoms with Gasteiger partial charge >= 0.3 is 0 Å². The predicted octanol–water partition coefficient (Wildman–Crippen LogP) is 5.27. The number of rotatable bonds is 4. The van der Waals surface area contributed by atoms with Crippen molar-refractivity contribution in [3.8, 4) is 5.75 Å². The van der Waals surface area contributed by atoms with Crippen LogP contribution in [0.3, 0.4) is 0 Å². The Balaban J connectivity index is 1.70. The Kier molecular flexibility index (Phi) is 4.86. The third kappa shape index (κ3) is 3.69. The lowest BCUT2D eigenvalue weighted by Gasteiger charge is -2.29. The van der Waals surface area contributed by atoms with E-state index in [4.69, 9.17) is 21.3 Å². The molecule has 2 heterocycles. The topological polar surface area (TPSA) is 50.3 Å². The molecular formula is C21H21ClN4O. The molecule has 0 bridgehead atoms. The van der Waals surface area contributed by atoms with Crippen molar-refractivity contribution in [1.82, 2.24) is 9.97 Å². The molecule has 5 nitrogen and oxygen atoms in total. The lowest BCUT2D eigenvalue weighted by Crippen LogP contribution is -2.26. The standard InChI is InChI=1S/C21H21ClN4O/c1-14-12-20(24-17-13-16(22)9-10-19(17)27-2)25-21(23-14)26-11-5-7-15-6-3-4-8-18(15)26/h3-4,6,8-10,12-13H,5,7,11H2,1-2H3,(H,23,24,25). The van der Waals surface area contributed by atoms with Crippen LogP contribution in [0.25, 0.3) is 0 Å². The fourth-order valence-electron chi connectivity index (χ4n) is 3.39. The Labute approximate surface area is 164 Å². The molecule has 3 aromatic rings. The van der Waals surface area contributed by atoms with Crippen molar-refractivity contribution in [2.24, 2.45) is 0 Å². The molecule has 1 aliphatic rings. The first kappa shape index (κ1) is 17.6. The molecule has 2 aromatic carbocycles. The highest BCUT2D eigenvalue weighted by molar-refractivity contribution is 6.31. The van der Waals surface area contributed by atoms with Gasteiger partial charge < -0.3 is 15.0 Å². The Morgan fingerprint density at radius 3 is 2.81 bits per heavy atom. The minimum Gasteiger partial charge on any atom is -0.495 e. The van der Waals surface area contributed by atoms with Crippen LogP contribution in [0.15, 0.2) is 48.5 Å². The van der Waals surface area contributed by atoms with E-state index in [-0.39, 0.29) is 0 Å². The Morgan fingerprint density at radius 2 is 1.96 bits per heavy atom. The zero-order valence-corrected chi connectivity index (χ0v) is 16.1. The third-order valence-electron chi connectivity index (χ3n) is 4.62. The van der Waals surface area contributed by atoms with Crippen LogP contribution >= 0.6 is 11.6 Å². The molecule has 0 amide bonds. The number of aryl methyl sites for hydroxylation is 2. The molecule has 1 N–H and O–H groups in total. The molecule has 0 fully saturated rings. The Hall–Kier alpha value is -2.79. The lowest BCUT2D eigenvalue weighted by atomic mass is 10.0. The number of nitrogens with zero attached hydrogens (tertiary/aromatic N) is 3. The first-order valence-electron chi connectivity index (χ1n) is 8.96. The van der Waals surface area contributed by atoms with Gasteiger partial charge in [-0.1, -0.05) is 29.8 Å². The van der Waals surface area contributed by atoms with Crippen LogP contribution in [0.1, 0.15) is 17.7 Å². The van der Waals surface area contributed by atoms with Gasteiger partial charge in [-0.25, -0.2) is 4.98 Å². The molecule has 4 rings (SSSR count). The van der Waals surface area contributed by atoms with Crippen LogP contribution in [-0.2, 0) is 6.42 Å². The summed E-state index contributed by atoms with van der Waals surface area (Å²) in [6.45, 7) is 2.88. The highest BCUT2D eigenvalue weighted by Gasteiger charge is 2.20. The number of nitrogens with one attached hydrogen (secondary N) is 1. The molecule has 0 atom stereocenters. The van der Waals surface area contributed by atoms with Crippen molar-refractivity contribution in [3.05, 3.63) is 64.8 Å². The summed E-state index contributed by atoms with van der Waals surface area (Å²) in [7, 11) is 1.63. The second-order valence-corrected chi connectivity index (χ2v) is 6.98. The molecule has 0 radical (unpaired) electrons. The normalized spacial score (nSPS) is 13.2. The maximum Gasteiger partial charge on any atom is 0.232 e. The van der Waals surface area contributed by atoms with Crippen LogP contribution in [0, 0.1) is 6.92 Å². The SMILES string of the molecule is COc1ccc(Cl)cc1Nc1cc(C)nc(N2CCCc3ccccc32)n1. The number of hydrogen-bond acceptors (Lipinski definition) is 5. The summed E-state index contributed by atoms with van der Waals surface area (Å²) in [5, 5.41) is 3.95. The van der Waals surface area contributed by atoms with E-state index >= 15 is 0 Å². The van der Waals surface area contributed by atoms with Gasteiger partial charge in [0.2, 0.25) is 5.95 Å². The highest BCUT2D eigenvalue weighted by Crippen LogP contribution is 2.34. The summed E-state index contributed by atoms with van der Waals surface area (Å²) < 4.78 is 5.42. The molecule has 27 heavy (non-hydrogen) atoms. The molecule has 0 saturated carbocycles. The fourth-order valence-corrected chi connectivity index (χ4v) is 3.57. The number of hydrogen-bond donors (Lipinski definition) is 1. The van der Waals surface area contributed by atoms with E-state index in [1.54, 1.807) is 13.2 Å². The van der Waals surface area contributed by atoms with Crippen LogP contribution in [0.4, 0.5) is 23.1 Å². The molecule has 1 aromatic heterocycles. The number of anilines is 4. The molecule has 0 unspecified atom stereocenters. The van der Waals surface area contributed by atoms with E-state index in [0.29, 0.717) is 22.5 Å². The van der Waals surface area contributed by atoms with Gasteiger partial charge in [0, 0.05) is 29.0 Å². The molecule has 6 heteroatoms. The van der Waals surface area contributed by atoms with Crippen LogP contribution in [0.2, 0.25) is 5.02 Å². The second-order valence-electron chi connectivity index (χ2n) is 6.55. The van der Waals surface area contributed by atoms with E-state index in [9.17, 15) is 0 Å². The van der Waals surface area contributed by atoms with Crippen LogP contribution in [-0.4, -0.2) is 23.6 Å². The second kappa shape index (κ2) is 7.45. The third-order valence-corrected chi connectivity index (χ3v) is 4.85. The van der Waals surface area contributed by atoms with E-state index in [0.717, 1.165) is 30.8 Å². The first-order chi connectivity index (χ1) is 13.1. The van der Waals surface area contributed by atoms with E-state index < -0.39 is 0 Å². The highest BCUT2D eigenvalue weighted by atomic mass is 35.5. The average molecular weight is 381 g/mol. The zero-order chi connectivity index (χ0) is 18.8. The summed E-state index contributed by atoms with van der Waals surface area (Å²) in [4.78, 5) is 11.6. The molecule has 0 spiro atoms. The van der Waals surface area contributed by atoms with Crippen molar-refractivity contribution < 1.29 is 4.74 Å². The minimum atomic E-state index is 0.634. The number of aromatic nitrogens is 2. The zero-order valence-electron chi connectivity index (χ0n) is 15.4. The van der Waals surface area contributed by atoms with Crippen molar-refractivity contribution in [1.29, 1.82) is 0 Å². The van der Waals surface area contributed by atoms with Gasteiger partial charge in [-0.2, -0.15) is 4.98 Å². The Morgan fingerprint density at radius 1 is 1.11 bits per heavy atom. The number of methoxy groups -OCH3 is 1. The molecular weight excluding hydrogens is 360 g/mol. The van der Waals surface area contributed by atoms with Gasteiger partial charge in [-0.3, -0.25) is 0 Å². The molecule has 0 saturated heterocycles. The quantitative estimate of drug-likeness (QED) is 0.667. The predicted molar refractivity (Wildman–Crippen MR) is 110 cm³/mol. The van der Waals surface area contributed by atoms with Crippen molar-refractivity contribution in [3.63, 3.8) is 0 Å². The molecule has 0 aliphatic carbocycles. The lowest BCUT2D eigenvalue weighted by molar-refractivity contribution is 0.417. The van der Waals surface area contributed by atoms with Crippen molar-refractivity contribution in [2.45, 2.75) is 19.8 Å². The molecule has 1 aliphatic heterocycles. The van der Waals surface area contributed by atoms with Crippen molar-refractivity contribution >= 4 is 34.7 Å². The Bertz CT molecular complexity index is 976. The number of halogens is 1. The van der Waals surface area contributed by atoms with Crippen LogP contribution < -0.4 is 15.0 Å². The number of fused-ring (bicyclic) bond motifs is 1. The van der Waals surface area contributed by atoms with Gasteiger partial charge in [0.05, 0.1) is 12.8 Å². The van der Waals surface area contributed by atoms with E-state index in [1.807, 2.05) is 25.1 Å². The average Bonchev–Trinajstić information content (AvgIpc) is 2.67. The number of ether oxygens (including phenoxy) is 1. The summed E-state index contributed by atoms with van der Waals surface area (Å²) in [6, 6.07) is 15.8. The van der Waals surface area contributed by atoms with E-state index in [1.165, 1.54) is 11.3 Å². The van der Waals surface area contributed by atoms with Gasteiger partial charge in [-0.05, 0) is 49.6 Å². The fraction of sp³-hybridized carbons (Fsp3) is 0.238. The maximum atomic E-state index is 6.14. The smallest absolute Gasteiger partial charge is 0.232 e. The van der Waals surface area contributed by atoms with E-state index in [2.05, 4.69) is 39.5 Å². The van der Waals surface area contributed by atoms with Gasteiger partial charge in [0.1, 0.15) is 11.6 Å². The summed E-state index contributed by atoms with van der Waals surface area (Å²) >= 11 is 6.14. The van der Waals surface area contributed by atoms with Gasteiger partial charge in [0.25, 0.3) is 0 Å². The van der Waals surface area contributed by atoms with Gasteiger partial charge in [-0.15, -0.1) is 0 Å². The maximum absolute atomic E-state index is 6.14. The number of para-hydroxylation sites is 1. The van der Waals surface area contributed by atoms with Crippen LogP contribution in [0.5, 0.6) is 5.75 Å². The first-order valence-corrected chi connectivity index (χ1v) is 9.33. The summed E-state index contributed by atoms with van der Waals surface area (Å²) in [5.74, 6) is 2.12. The monoisotopic (exact) mass is 380 g/mol. The molecule has 138 valence electrons. The van der Waals surface area contributed by atoms with Crippen molar-refractivity contribution in [2.75, 3.05) is 23.9 Å². The summed E-state index contributed by atoms with van der Waals surface area (Å²) in [5.41, 5.74) is 4.18. The summed E-state index contributed by atoms with van der Waals surface area (Å²) in [6.07, 6.45) is 2.17. The van der Waals surface area contributed by atoms with Gasteiger partial charge in [0.15, 0.2) is 0 Å². The minimum absolute atomic E-state index is 0.634.